The third-order valence-corrected chi connectivity index (χ3v) is 6.60. The standard InChI is InChI=1S/C23H23ClN4OS/c1-13-11-17(14(2)27(13)16-7-8-16)22-21(18-5-3-4-10-25-18)26-23(30)28(22)19-12-15(24)6-9-20(19)29/h3-6,9-12,16,21-22,29H,7-8H2,1-2H3,(H,26,30)/t21-,22+/m1/s1. The molecule has 0 spiro atoms. The summed E-state index contributed by atoms with van der Waals surface area (Å²) in [6.45, 7) is 4.33. The Labute approximate surface area is 186 Å². The third kappa shape index (κ3) is 3.15. The molecule has 2 atom stereocenters. The third-order valence-electron chi connectivity index (χ3n) is 6.05. The molecule has 1 saturated carbocycles. The summed E-state index contributed by atoms with van der Waals surface area (Å²) < 4.78 is 2.43. The van der Waals surface area contributed by atoms with Crippen LogP contribution in [0.4, 0.5) is 5.69 Å². The highest BCUT2D eigenvalue weighted by atomic mass is 35.5. The lowest BCUT2D eigenvalue weighted by molar-refractivity contribution is 0.472. The van der Waals surface area contributed by atoms with E-state index >= 15 is 0 Å². The number of benzene rings is 1. The van der Waals surface area contributed by atoms with Gasteiger partial charge >= 0.3 is 0 Å². The van der Waals surface area contributed by atoms with Crippen LogP contribution in [0.5, 0.6) is 5.75 Å². The molecule has 0 unspecified atom stereocenters. The predicted molar refractivity (Wildman–Crippen MR) is 123 cm³/mol. The number of phenols is 1. The summed E-state index contributed by atoms with van der Waals surface area (Å²) in [7, 11) is 0. The van der Waals surface area contributed by atoms with E-state index in [9.17, 15) is 5.11 Å². The van der Waals surface area contributed by atoms with Gasteiger partial charge in [-0.05, 0) is 80.9 Å². The van der Waals surface area contributed by atoms with Crippen LogP contribution in [0.2, 0.25) is 5.02 Å². The molecule has 2 N–H and O–H groups in total. The number of rotatable bonds is 4. The smallest absolute Gasteiger partial charge is 0.174 e. The largest absolute Gasteiger partial charge is 0.506 e. The Bertz CT molecular complexity index is 1130. The Morgan fingerprint density at radius 1 is 1.17 bits per heavy atom. The number of hydrogen-bond acceptors (Lipinski definition) is 3. The highest BCUT2D eigenvalue weighted by Crippen LogP contribution is 2.47. The van der Waals surface area contributed by atoms with E-state index in [1.54, 1.807) is 24.4 Å². The molecule has 3 heterocycles. The molecule has 2 fully saturated rings. The molecule has 154 valence electrons. The lowest BCUT2D eigenvalue weighted by Gasteiger charge is -2.28. The zero-order valence-corrected chi connectivity index (χ0v) is 18.4. The van der Waals surface area contributed by atoms with Crippen LogP contribution in [0.15, 0.2) is 48.7 Å². The summed E-state index contributed by atoms with van der Waals surface area (Å²) in [5, 5.41) is 15.2. The van der Waals surface area contributed by atoms with E-state index in [0.717, 1.165) is 5.69 Å². The van der Waals surface area contributed by atoms with Crippen LogP contribution >= 0.6 is 23.8 Å². The van der Waals surface area contributed by atoms with E-state index in [0.29, 0.717) is 21.9 Å². The number of pyridine rings is 1. The van der Waals surface area contributed by atoms with Gasteiger partial charge in [0.15, 0.2) is 5.11 Å². The van der Waals surface area contributed by atoms with Gasteiger partial charge in [0, 0.05) is 28.6 Å². The topological polar surface area (TPSA) is 53.3 Å². The normalized spacial score (nSPS) is 21.2. The monoisotopic (exact) mass is 438 g/mol. The molecular formula is C23H23ClN4OS. The minimum absolute atomic E-state index is 0.145. The van der Waals surface area contributed by atoms with Crippen molar-refractivity contribution in [2.24, 2.45) is 0 Å². The lowest BCUT2D eigenvalue weighted by atomic mass is 9.96. The minimum atomic E-state index is -0.157. The number of nitrogens with zero attached hydrogens (tertiary/aromatic N) is 3. The van der Waals surface area contributed by atoms with E-state index in [2.05, 4.69) is 34.8 Å². The average molecular weight is 439 g/mol. The Morgan fingerprint density at radius 2 is 1.97 bits per heavy atom. The molecule has 2 aromatic heterocycles. The molecule has 3 aromatic rings. The van der Waals surface area contributed by atoms with Gasteiger partial charge in [-0.2, -0.15) is 0 Å². The maximum absolute atomic E-state index is 10.7. The average Bonchev–Trinajstić information content (AvgIpc) is 3.44. The first-order valence-electron chi connectivity index (χ1n) is 10.1. The molecule has 1 aliphatic carbocycles. The van der Waals surface area contributed by atoms with Crippen molar-refractivity contribution in [1.82, 2.24) is 14.9 Å². The van der Waals surface area contributed by atoms with Crippen molar-refractivity contribution in [3.8, 4) is 5.75 Å². The van der Waals surface area contributed by atoms with Crippen molar-refractivity contribution < 1.29 is 5.11 Å². The lowest BCUT2D eigenvalue weighted by Crippen LogP contribution is -2.29. The molecule has 0 bridgehead atoms. The fourth-order valence-electron chi connectivity index (χ4n) is 4.62. The maximum atomic E-state index is 10.7. The van der Waals surface area contributed by atoms with Crippen LogP contribution in [0.3, 0.4) is 0 Å². The van der Waals surface area contributed by atoms with E-state index < -0.39 is 0 Å². The van der Waals surface area contributed by atoms with Crippen LogP contribution in [0.1, 0.15) is 53.6 Å². The van der Waals surface area contributed by atoms with Gasteiger partial charge in [-0.15, -0.1) is 0 Å². The summed E-state index contributed by atoms with van der Waals surface area (Å²) in [5.41, 5.74) is 5.17. The van der Waals surface area contributed by atoms with Crippen molar-refractivity contribution in [3.63, 3.8) is 0 Å². The molecule has 1 aliphatic heterocycles. The molecule has 5 rings (SSSR count). The SMILES string of the molecule is Cc1cc([C@H]2[C@@H](c3ccccn3)NC(=S)N2c2cc(Cl)ccc2O)c(C)n1C1CC1. The predicted octanol–water partition coefficient (Wildman–Crippen LogP) is 5.37. The molecule has 0 radical (unpaired) electrons. The second-order valence-electron chi connectivity index (χ2n) is 8.06. The Balaban J connectivity index is 1.69. The zero-order valence-electron chi connectivity index (χ0n) is 16.8. The number of aryl methyl sites for hydroxylation is 1. The summed E-state index contributed by atoms with van der Waals surface area (Å²) in [4.78, 5) is 6.58. The number of halogens is 1. The fraction of sp³-hybridized carbons (Fsp3) is 0.304. The van der Waals surface area contributed by atoms with Gasteiger partial charge in [-0.3, -0.25) is 4.98 Å². The van der Waals surface area contributed by atoms with E-state index in [1.807, 2.05) is 23.1 Å². The van der Waals surface area contributed by atoms with Gasteiger partial charge in [0.25, 0.3) is 0 Å². The summed E-state index contributed by atoms with van der Waals surface area (Å²) in [6, 6.07) is 13.5. The molecule has 1 aromatic carbocycles. The zero-order chi connectivity index (χ0) is 21.0. The van der Waals surface area contributed by atoms with E-state index in [4.69, 9.17) is 23.8 Å². The van der Waals surface area contributed by atoms with Crippen LogP contribution in [-0.4, -0.2) is 19.8 Å². The van der Waals surface area contributed by atoms with E-state index in [1.165, 1.54) is 29.8 Å². The first-order valence-corrected chi connectivity index (χ1v) is 10.9. The molecule has 0 amide bonds. The van der Waals surface area contributed by atoms with Gasteiger partial charge in [0.2, 0.25) is 0 Å². The molecule has 2 aliphatic rings. The van der Waals surface area contributed by atoms with Gasteiger partial charge < -0.3 is 19.9 Å². The molecule has 1 saturated heterocycles. The number of anilines is 1. The molecule has 7 heteroatoms. The van der Waals surface area contributed by atoms with Crippen LogP contribution < -0.4 is 10.2 Å². The van der Waals surface area contributed by atoms with Crippen LogP contribution in [-0.2, 0) is 0 Å². The van der Waals surface area contributed by atoms with Crippen molar-refractivity contribution in [2.45, 2.75) is 44.8 Å². The number of aromatic nitrogens is 2. The number of thiocarbonyl (C=S) groups is 1. The number of nitrogens with one attached hydrogen (secondary N) is 1. The summed E-state index contributed by atoms with van der Waals surface area (Å²) >= 11 is 12.0. The van der Waals surface area contributed by atoms with Crippen LogP contribution in [0, 0.1) is 13.8 Å². The second kappa shape index (κ2) is 7.29. The number of phenolic OH excluding ortho intramolecular Hbond substituents is 1. The highest BCUT2D eigenvalue weighted by Gasteiger charge is 2.43. The van der Waals surface area contributed by atoms with Crippen molar-refractivity contribution in [1.29, 1.82) is 0 Å². The van der Waals surface area contributed by atoms with Gasteiger partial charge in [-0.1, -0.05) is 17.7 Å². The number of hydrogen-bond donors (Lipinski definition) is 2. The molecule has 30 heavy (non-hydrogen) atoms. The Morgan fingerprint density at radius 3 is 2.67 bits per heavy atom. The fourth-order valence-corrected chi connectivity index (χ4v) is 5.12. The van der Waals surface area contributed by atoms with Crippen molar-refractivity contribution in [3.05, 3.63) is 76.3 Å². The van der Waals surface area contributed by atoms with E-state index in [-0.39, 0.29) is 17.8 Å². The minimum Gasteiger partial charge on any atom is -0.506 e. The van der Waals surface area contributed by atoms with Crippen LogP contribution in [0.25, 0.3) is 0 Å². The van der Waals surface area contributed by atoms with Gasteiger partial charge in [-0.25, -0.2) is 0 Å². The summed E-state index contributed by atoms with van der Waals surface area (Å²) in [5.74, 6) is 0.145. The van der Waals surface area contributed by atoms with Crippen molar-refractivity contribution in [2.75, 3.05) is 4.90 Å². The summed E-state index contributed by atoms with van der Waals surface area (Å²) in [6.07, 6.45) is 4.24. The maximum Gasteiger partial charge on any atom is 0.174 e. The Kier molecular flexibility index (Phi) is 4.71. The molecular weight excluding hydrogens is 416 g/mol. The first kappa shape index (κ1) is 19.4. The molecule has 5 nitrogen and oxygen atoms in total. The van der Waals surface area contributed by atoms with Crippen molar-refractivity contribution >= 4 is 34.6 Å². The van der Waals surface area contributed by atoms with Gasteiger partial charge in [0.05, 0.1) is 23.5 Å². The second-order valence-corrected chi connectivity index (χ2v) is 8.88. The quantitative estimate of drug-likeness (QED) is 0.536. The highest BCUT2D eigenvalue weighted by molar-refractivity contribution is 7.80. The number of aromatic hydroxyl groups is 1. The van der Waals surface area contributed by atoms with Gasteiger partial charge in [0.1, 0.15) is 5.75 Å². The Hall–Kier alpha value is -2.57. The first-order chi connectivity index (χ1) is 14.5.